The van der Waals surface area contributed by atoms with Gasteiger partial charge in [-0.15, -0.1) is 0 Å². The van der Waals surface area contributed by atoms with Crippen molar-refractivity contribution in [3.8, 4) is 0 Å². The van der Waals surface area contributed by atoms with Gasteiger partial charge >= 0.3 is 5.97 Å². The Hall–Kier alpha value is -1.35. The molecule has 0 heterocycles. The normalized spacial score (nSPS) is 13.8. The minimum Gasteiger partial charge on any atom is -0.469 e. The molecule has 96 valence electrons. The number of methoxy groups -OCH3 is 2. The van der Waals surface area contributed by atoms with E-state index in [9.17, 15) is 4.79 Å². The average Bonchev–Trinajstić information content (AvgIpc) is 2.36. The predicted molar refractivity (Wildman–Crippen MR) is 69.8 cm³/mol. The summed E-state index contributed by atoms with van der Waals surface area (Å²) in [7, 11) is 3.03. The van der Waals surface area contributed by atoms with Crippen molar-refractivity contribution in [2.75, 3.05) is 14.2 Å². The molecule has 0 N–H and O–H groups in total. The quantitative estimate of drug-likeness (QED) is 0.370. The topological polar surface area (TPSA) is 35.5 Å². The SMILES string of the molecule is CC=CCC=CC=CC(CCC(=O)OC)OC. The van der Waals surface area contributed by atoms with Gasteiger partial charge < -0.3 is 9.47 Å². The maximum absolute atomic E-state index is 11.0. The fraction of sp³-hybridized carbons (Fsp3) is 0.500. The van der Waals surface area contributed by atoms with Crippen LogP contribution in [0.25, 0.3) is 0 Å². The van der Waals surface area contributed by atoms with Crippen molar-refractivity contribution < 1.29 is 14.3 Å². The van der Waals surface area contributed by atoms with Gasteiger partial charge in [-0.3, -0.25) is 4.79 Å². The molecule has 0 aliphatic rings. The lowest BCUT2D eigenvalue weighted by atomic mass is 10.2. The van der Waals surface area contributed by atoms with Crippen molar-refractivity contribution in [3.05, 3.63) is 36.5 Å². The highest BCUT2D eigenvalue weighted by molar-refractivity contribution is 5.69. The lowest BCUT2D eigenvalue weighted by Gasteiger charge is -2.08. The molecule has 1 unspecified atom stereocenters. The molecule has 3 heteroatoms. The molecule has 0 aliphatic heterocycles. The highest BCUT2D eigenvalue weighted by atomic mass is 16.5. The fourth-order valence-corrected chi connectivity index (χ4v) is 1.21. The Morgan fingerprint density at radius 1 is 1.24 bits per heavy atom. The lowest BCUT2D eigenvalue weighted by Crippen LogP contribution is -2.10. The monoisotopic (exact) mass is 238 g/mol. The molecule has 17 heavy (non-hydrogen) atoms. The van der Waals surface area contributed by atoms with E-state index in [0.717, 1.165) is 6.42 Å². The van der Waals surface area contributed by atoms with E-state index in [1.807, 2.05) is 31.2 Å². The van der Waals surface area contributed by atoms with Crippen LogP contribution in [0.2, 0.25) is 0 Å². The zero-order valence-corrected chi connectivity index (χ0v) is 10.9. The number of carbonyl (C=O) groups is 1. The number of ether oxygens (including phenoxy) is 2. The Kier molecular flexibility index (Phi) is 10.3. The molecule has 0 radical (unpaired) electrons. The summed E-state index contributed by atoms with van der Waals surface area (Å²) in [6, 6.07) is 0. The van der Waals surface area contributed by atoms with Crippen LogP contribution < -0.4 is 0 Å². The molecule has 3 nitrogen and oxygen atoms in total. The molecule has 0 saturated heterocycles. The molecule has 0 amide bonds. The summed E-state index contributed by atoms with van der Waals surface area (Å²) >= 11 is 0. The van der Waals surface area contributed by atoms with Crippen molar-refractivity contribution in [2.24, 2.45) is 0 Å². The smallest absolute Gasteiger partial charge is 0.305 e. The van der Waals surface area contributed by atoms with Crippen LogP contribution in [0.4, 0.5) is 0 Å². The van der Waals surface area contributed by atoms with E-state index < -0.39 is 0 Å². The minimum atomic E-state index is -0.205. The first-order valence-electron chi connectivity index (χ1n) is 5.78. The fourth-order valence-electron chi connectivity index (χ4n) is 1.21. The van der Waals surface area contributed by atoms with Crippen LogP contribution in [-0.2, 0) is 14.3 Å². The Labute approximate surface area is 104 Å². The van der Waals surface area contributed by atoms with Gasteiger partial charge in [0.25, 0.3) is 0 Å². The summed E-state index contributed by atoms with van der Waals surface area (Å²) in [5.41, 5.74) is 0. The summed E-state index contributed by atoms with van der Waals surface area (Å²) in [6.45, 7) is 2.00. The molecule has 0 rings (SSSR count). The van der Waals surface area contributed by atoms with Gasteiger partial charge in [-0.1, -0.05) is 36.5 Å². The van der Waals surface area contributed by atoms with E-state index in [0.29, 0.717) is 12.8 Å². The highest BCUT2D eigenvalue weighted by Crippen LogP contribution is 2.04. The van der Waals surface area contributed by atoms with Crippen molar-refractivity contribution in [2.45, 2.75) is 32.3 Å². The van der Waals surface area contributed by atoms with Crippen LogP contribution in [0.5, 0.6) is 0 Å². The summed E-state index contributed by atoms with van der Waals surface area (Å²) < 4.78 is 9.81. The Balaban J connectivity index is 3.90. The van der Waals surface area contributed by atoms with Gasteiger partial charge in [0.15, 0.2) is 0 Å². The third-order valence-corrected chi connectivity index (χ3v) is 2.24. The molecule has 0 aromatic heterocycles. The maximum Gasteiger partial charge on any atom is 0.305 e. The standard InChI is InChI=1S/C14H22O3/c1-4-5-6-7-8-9-10-13(16-2)11-12-14(15)17-3/h4-5,7-10,13H,6,11-12H2,1-3H3. The largest absolute Gasteiger partial charge is 0.469 e. The van der Waals surface area contributed by atoms with Crippen molar-refractivity contribution >= 4 is 5.97 Å². The van der Waals surface area contributed by atoms with Crippen molar-refractivity contribution in [1.29, 1.82) is 0 Å². The first kappa shape index (κ1) is 15.7. The van der Waals surface area contributed by atoms with E-state index in [-0.39, 0.29) is 12.1 Å². The van der Waals surface area contributed by atoms with Gasteiger partial charge in [0.05, 0.1) is 13.2 Å². The van der Waals surface area contributed by atoms with E-state index in [1.54, 1.807) is 7.11 Å². The Morgan fingerprint density at radius 2 is 2.00 bits per heavy atom. The maximum atomic E-state index is 11.0. The van der Waals surface area contributed by atoms with Crippen LogP contribution in [0.1, 0.15) is 26.2 Å². The lowest BCUT2D eigenvalue weighted by molar-refractivity contribution is -0.141. The first-order chi connectivity index (χ1) is 8.24. The van der Waals surface area contributed by atoms with Gasteiger partial charge in [0.1, 0.15) is 0 Å². The van der Waals surface area contributed by atoms with Crippen molar-refractivity contribution in [3.63, 3.8) is 0 Å². The molecule has 0 saturated carbocycles. The molecular formula is C14H22O3. The van der Waals surface area contributed by atoms with Crippen LogP contribution in [-0.4, -0.2) is 26.3 Å². The van der Waals surface area contributed by atoms with Gasteiger partial charge in [-0.05, 0) is 19.8 Å². The van der Waals surface area contributed by atoms with E-state index in [4.69, 9.17) is 4.74 Å². The summed E-state index contributed by atoms with van der Waals surface area (Å²) in [5.74, 6) is -0.205. The number of hydrogen-bond donors (Lipinski definition) is 0. The molecule has 1 atom stereocenters. The van der Waals surface area contributed by atoms with Gasteiger partial charge in [-0.2, -0.15) is 0 Å². The minimum absolute atomic E-state index is 0.0412. The molecule has 0 aromatic rings. The van der Waals surface area contributed by atoms with Gasteiger partial charge in [0.2, 0.25) is 0 Å². The van der Waals surface area contributed by atoms with Crippen LogP contribution >= 0.6 is 0 Å². The van der Waals surface area contributed by atoms with Gasteiger partial charge in [-0.25, -0.2) is 0 Å². The number of hydrogen-bond acceptors (Lipinski definition) is 3. The highest BCUT2D eigenvalue weighted by Gasteiger charge is 2.06. The molecule has 0 spiro atoms. The summed E-state index contributed by atoms with van der Waals surface area (Å²) in [4.78, 5) is 11.0. The molecular weight excluding hydrogens is 216 g/mol. The van der Waals surface area contributed by atoms with Crippen LogP contribution in [0.3, 0.4) is 0 Å². The molecule has 0 fully saturated rings. The van der Waals surface area contributed by atoms with E-state index >= 15 is 0 Å². The molecule has 0 aromatic carbocycles. The first-order valence-corrected chi connectivity index (χ1v) is 5.78. The predicted octanol–water partition coefficient (Wildman–Crippen LogP) is 3.03. The van der Waals surface area contributed by atoms with Crippen LogP contribution in [0, 0.1) is 0 Å². The molecule has 0 aliphatic carbocycles. The average molecular weight is 238 g/mol. The third-order valence-electron chi connectivity index (χ3n) is 2.24. The zero-order chi connectivity index (χ0) is 12.9. The van der Waals surface area contributed by atoms with Crippen molar-refractivity contribution in [1.82, 2.24) is 0 Å². The van der Waals surface area contributed by atoms with Gasteiger partial charge in [0, 0.05) is 13.5 Å². The second kappa shape index (κ2) is 11.1. The summed E-state index contributed by atoms with van der Waals surface area (Å²) in [6.07, 6.45) is 13.9. The number of esters is 1. The third kappa shape index (κ3) is 9.57. The second-order valence-corrected chi connectivity index (χ2v) is 3.51. The zero-order valence-electron chi connectivity index (χ0n) is 10.9. The number of rotatable bonds is 8. The number of carbonyl (C=O) groups excluding carboxylic acids is 1. The van der Waals surface area contributed by atoms with E-state index in [1.165, 1.54) is 7.11 Å². The van der Waals surface area contributed by atoms with E-state index in [2.05, 4.69) is 16.9 Å². The Morgan fingerprint density at radius 3 is 2.59 bits per heavy atom. The van der Waals surface area contributed by atoms with Crippen LogP contribution in [0.15, 0.2) is 36.5 Å². The Bertz CT molecular complexity index is 277. The second-order valence-electron chi connectivity index (χ2n) is 3.51. The molecule has 0 bridgehead atoms. The summed E-state index contributed by atoms with van der Waals surface area (Å²) in [5, 5.41) is 0. The number of allylic oxidation sites excluding steroid dienone is 5.